The van der Waals surface area contributed by atoms with Crippen LogP contribution in [-0.2, 0) is 10.0 Å². The van der Waals surface area contributed by atoms with Gasteiger partial charge in [0.05, 0.1) is 4.90 Å². The molecular weight excluding hydrogens is 393 g/mol. The molecule has 6 nitrogen and oxygen atoms in total. The number of carbonyl (C=O) groups excluding carboxylic acids is 1. The van der Waals surface area contributed by atoms with Crippen molar-refractivity contribution < 1.29 is 17.6 Å². The predicted molar refractivity (Wildman–Crippen MR) is 112 cm³/mol. The maximum Gasteiger partial charge on any atom is 0.261 e. The van der Waals surface area contributed by atoms with Gasteiger partial charge < -0.3 is 10.2 Å². The molecule has 2 N–H and O–H groups in total. The van der Waals surface area contributed by atoms with E-state index < -0.39 is 15.8 Å². The number of hydrogen-bond donors (Lipinski definition) is 2. The number of nitrogens with one attached hydrogen (secondary N) is 2. The first-order valence-electron chi connectivity index (χ1n) is 8.72. The molecule has 0 fully saturated rings. The van der Waals surface area contributed by atoms with Crippen LogP contribution >= 0.6 is 0 Å². The minimum atomic E-state index is -3.85. The summed E-state index contributed by atoms with van der Waals surface area (Å²) in [4.78, 5) is 14.3. The van der Waals surface area contributed by atoms with Crippen LogP contribution in [0.1, 0.15) is 10.4 Å². The van der Waals surface area contributed by atoms with Crippen molar-refractivity contribution in [3.63, 3.8) is 0 Å². The monoisotopic (exact) mass is 413 g/mol. The molecule has 3 aromatic carbocycles. The van der Waals surface area contributed by atoms with Crippen LogP contribution in [0.5, 0.6) is 0 Å². The molecule has 150 valence electrons. The number of carbonyl (C=O) groups is 1. The smallest absolute Gasteiger partial charge is 0.261 e. The van der Waals surface area contributed by atoms with E-state index in [0.717, 1.165) is 17.8 Å². The largest absolute Gasteiger partial charge is 0.378 e. The van der Waals surface area contributed by atoms with Gasteiger partial charge in [-0.25, -0.2) is 12.8 Å². The van der Waals surface area contributed by atoms with Crippen LogP contribution in [0.25, 0.3) is 0 Å². The molecule has 0 radical (unpaired) electrons. The molecule has 0 atom stereocenters. The summed E-state index contributed by atoms with van der Waals surface area (Å²) in [6, 6.07) is 17.9. The van der Waals surface area contributed by atoms with Crippen molar-refractivity contribution in [1.82, 2.24) is 0 Å². The van der Waals surface area contributed by atoms with Crippen molar-refractivity contribution in [2.45, 2.75) is 4.90 Å². The second-order valence-electron chi connectivity index (χ2n) is 6.53. The average Bonchev–Trinajstić information content (AvgIpc) is 2.70. The Labute approximate surface area is 169 Å². The lowest BCUT2D eigenvalue weighted by Crippen LogP contribution is -2.15. The number of nitrogens with zero attached hydrogens (tertiary/aromatic N) is 1. The number of sulfonamides is 1. The van der Waals surface area contributed by atoms with Crippen LogP contribution in [0.2, 0.25) is 0 Å². The van der Waals surface area contributed by atoms with Gasteiger partial charge in [-0.1, -0.05) is 0 Å². The second-order valence-corrected chi connectivity index (χ2v) is 8.21. The fourth-order valence-electron chi connectivity index (χ4n) is 2.56. The Morgan fingerprint density at radius 1 is 0.828 bits per heavy atom. The Kier molecular flexibility index (Phi) is 5.84. The van der Waals surface area contributed by atoms with Gasteiger partial charge in [0.25, 0.3) is 15.9 Å². The summed E-state index contributed by atoms with van der Waals surface area (Å²) in [7, 11) is 0.000191. The summed E-state index contributed by atoms with van der Waals surface area (Å²) in [6.45, 7) is 0. The van der Waals surface area contributed by atoms with Crippen molar-refractivity contribution in [3.8, 4) is 0 Å². The lowest BCUT2D eigenvalue weighted by molar-refractivity contribution is 0.102. The molecule has 0 aliphatic carbocycles. The maximum atomic E-state index is 13.0. The van der Waals surface area contributed by atoms with E-state index in [2.05, 4.69) is 10.0 Å². The Bertz CT molecular complexity index is 1100. The van der Waals surface area contributed by atoms with Gasteiger partial charge in [0.1, 0.15) is 5.82 Å². The third-order valence-corrected chi connectivity index (χ3v) is 5.56. The number of amides is 1. The molecule has 0 aromatic heterocycles. The molecule has 8 heteroatoms. The zero-order valence-electron chi connectivity index (χ0n) is 15.9. The fourth-order valence-corrected chi connectivity index (χ4v) is 3.62. The highest BCUT2D eigenvalue weighted by Gasteiger charge is 2.15. The lowest BCUT2D eigenvalue weighted by Gasteiger charge is -2.13. The van der Waals surface area contributed by atoms with Gasteiger partial charge in [-0.15, -0.1) is 0 Å². The molecule has 0 saturated heterocycles. The number of anilines is 3. The molecule has 0 aliphatic rings. The highest BCUT2D eigenvalue weighted by atomic mass is 32.2. The van der Waals surface area contributed by atoms with Gasteiger partial charge in [-0.3, -0.25) is 9.52 Å². The van der Waals surface area contributed by atoms with Crippen molar-refractivity contribution in [2.75, 3.05) is 29.0 Å². The van der Waals surface area contributed by atoms with Crippen LogP contribution < -0.4 is 14.9 Å². The van der Waals surface area contributed by atoms with Gasteiger partial charge in [0, 0.05) is 36.7 Å². The molecule has 0 aliphatic heterocycles. The standard InChI is InChI=1S/C21H20FN3O3S/c1-25(2)19-11-9-17(10-12-19)23-21(26)15-3-13-20(14-4-15)29(27,28)24-18-7-5-16(22)6-8-18/h3-14,24H,1-2H3,(H,23,26). The van der Waals surface area contributed by atoms with E-state index in [1.54, 1.807) is 12.1 Å². The molecule has 0 unspecified atom stereocenters. The minimum absolute atomic E-state index is 0.00582. The zero-order chi connectivity index (χ0) is 21.0. The van der Waals surface area contributed by atoms with E-state index in [9.17, 15) is 17.6 Å². The topological polar surface area (TPSA) is 78.5 Å². The summed E-state index contributed by atoms with van der Waals surface area (Å²) in [5, 5.41) is 2.77. The molecular formula is C21H20FN3O3S. The van der Waals surface area contributed by atoms with Gasteiger partial charge in [0.2, 0.25) is 0 Å². The number of halogens is 1. The maximum absolute atomic E-state index is 13.0. The molecule has 3 rings (SSSR count). The van der Waals surface area contributed by atoms with Gasteiger partial charge in [-0.05, 0) is 72.8 Å². The van der Waals surface area contributed by atoms with Gasteiger partial charge in [0.15, 0.2) is 0 Å². The highest BCUT2D eigenvalue weighted by molar-refractivity contribution is 7.92. The van der Waals surface area contributed by atoms with E-state index in [0.29, 0.717) is 11.3 Å². The highest BCUT2D eigenvalue weighted by Crippen LogP contribution is 2.19. The van der Waals surface area contributed by atoms with E-state index >= 15 is 0 Å². The molecule has 0 bridgehead atoms. The van der Waals surface area contributed by atoms with E-state index in [4.69, 9.17) is 0 Å². The Morgan fingerprint density at radius 2 is 1.38 bits per heavy atom. The number of benzene rings is 3. The first-order chi connectivity index (χ1) is 13.7. The predicted octanol–water partition coefficient (Wildman–Crippen LogP) is 3.94. The normalized spacial score (nSPS) is 11.0. The van der Waals surface area contributed by atoms with Crippen LogP contribution in [0, 0.1) is 5.82 Å². The molecule has 1 amide bonds. The Morgan fingerprint density at radius 3 is 1.93 bits per heavy atom. The summed E-state index contributed by atoms with van der Waals surface area (Å²) < 4.78 is 40.2. The van der Waals surface area contributed by atoms with Crippen LogP contribution in [0.15, 0.2) is 77.7 Å². The third kappa shape index (κ3) is 5.11. The average molecular weight is 413 g/mol. The van der Waals surface area contributed by atoms with E-state index in [1.807, 2.05) is 31.1 Å². The van der Waals surface area contributed by atoms with Crippen LogP contribution in [-0.4, -0.2) is 28.4 Å². The molecule has 0 saturated carbocycles. The SMILES string of the molecule is CN(C)c1ccc(NC(=O)c2ccc(S(=O)(=O)Nc3ccc(F)cc3)cc2)cc1. The zero-order valence-corrected chi connectivity index (χ0v) is 16.7. The van der Waals surface area contributed by atoms with E-state index in [-0.39, 0.29) is 16.5 Å². The van der Waals surface area contributed by atoms with Crippen molar-refractivity contribution >= 4 is 33.0 Å². The Balaban J connectivity index is 1.70. The van der Waals surface area contributed by atoms with E-state index in [1.165, 1.54) is 36.4 Å². The minimum Gasteiger partial charge on any atom is -0.378 e. The summed E-state index contributed by atoms with van der Waals surface area (Å²) in [6.07, 6.45) is 0. The molecule has 0 heterocycles. The van der Waals surface area contributed by atoms with Crippen molar-refractivity contribution in [2.24, 2.45) is 0 Å². The third-order valence-electron chi connectivity index (χ3n) is 4.16. The summed E-state index contributed by atoms with van der Waals surface area (Å²) >= 11 is 0. The number of hydrogen-bond acceptors (Lipinski definition) is 4. The van der Waals surface area contributed by atoms with Crippen molar-refractivity contribution in [3.05, 3.63) is 84.2 Å². The quantitative estimate of drug-likeness (QED) is 0.642. The van der Waals surface area contributed by atoms with Crippen LogP contribution in [0.4, 0.5) is 21.5 Å². The van der Waals surface area contributed by atoms with Crippen LogP contribution in [0.3, 0.4) is 0 Å². The second kappa shape index (κ2) is 8.32. The first-order valence-corrected chi connectivity index (χ1v) is 10.2. The lowest BCUT2D eigenvalue weighted by atomic mass is 10.2. The van der Waals surface area contributed by atoms with Gasteiger partial charge >= 0.3 is 0 Å². The fraction of sp³-hybridized carbons (Fsp3) is 0.0952. The molecule has 3 aromatic rings. The molecule has 0 spiro atoms. The number of rotatable bonds is 6. The van der Waals surface area contributed by atoms with Crippen molar-refractivity contribution in [1.29, 1.82) is 0 Å². The van der Waals surface area contributed by atoms with Gasteiger partial charge in [-0.2, -0.15) is 0 Å². The Hall–Kier alpha value is -3.39. The summed E-state index contributed by atoms with van der Waals surface area (Å²) in [5.41, 5.74) is 2.21. The molecule has 29 heavy (non-hydrogen) atoms. The first kappa shape index (κ1) is 20.3. The summed E-state index contributed by atoms with van der Waals surface area (Å²) in [5.74, 6) is -0.808.